The molecule has 0 aromatic heterocycles. The fraction of sp³-hybridized carbons (Fsp3) is 0.385. The van der Waals surface area contributed by atoms with Gasteiger partial charge in [-0.25, -0.2) is 9.29 Å². The Morgan fingerprint density at radius 1 is 1.00 bits per heavy atom. The second-order valence-corrected chi connectivity index (χ2v) is 8.94. The van der Waals surface area contributed by atoms with Gasteiger partial charge in [0.1, 0.15) is 11.9 Å². The summed E-state index contributed by atoms with van der Waals surface area (Å²) in [6.45, 7) is 1.53. The van der Waals surface area contributed by atoms with Gasteiger partial charge in [0.15, 0.2) is 0 Å². The van der Waals surface area contributed by atoms with E-state index in [1.54, 1.807) is 36.4 Å². The van der Waals surface area contributed by atoms with Crippen LogP contribution in [0.25, 0.3) is 0 Å². The van der Waals surface area contributed by atoms with Gasteiger partial charge >= 0.3 is 0 Å². The van der Waals surface area contributed by atoms with Crippen molar-refractivity contribution in [2.45, 2.75) is 58.0 Å². The average molecular weight is 466 g/mol. The van der Waals surface area contributed by atoms with E-state index >= 15 is 0 Å². The summed E-state index contributed by atoms with van der Waals surface area (Å²) < 4.78 is 13.4. The fourth-order valence-electron chi connectivity index (χ4n) is 4.74. The van der Waals surface area contributed by atoms with E-state index < -0.39 is 11.9 Å². The number of carbonyl (C=O) groups is 4. The highest BCUT2D eigenvalue weighted by Gasteiger charge is 2.45. The minimum atomic E-state index is -0.915. The third-order valence-electron chi connectivity index (χ3n) is 6.45. The van der Waals surface area contributed by atoms with Crippen LogP contribution in [0, 0.1) is 11.7 Å². The number of imide groups is 1. The monoisotopic (exact) mass is 465 g/mol. The molecule has 7 nitrogen and oxygen atoms in total. The molecule has 1 N–H and O–H groups in total. The Morgan fingerprint density at radius 2 is 1.65 bits per heavy atom. The molecule has 1 aliphatic heterocycles. The van der Waals surface area contributed by atoms with Crippen molar-refractivity contribution in [1.82, 2.24) is 4.90 Å². The zero-order valence-electron chi connectivity index (χ0n) is 19.1. The van der Waals surface area contributed by atoms with Gasteiger partial charge in [0.25, 0.3) is 5.91 Å². The van der Waals surface area contributed by atoms with E-state index in [4.69, 9.17) is 0 Å². The van der Waals surface area contributed by atoms with Gasteiger partial charge in [-0.2, -0.15) is 0 Å². The summed E-state index contributed by atoms with van der Waals surface area (Å²) in [7, 11) is 0. The van der Waals surface area contributed by atoms with Gasteiger partial charge in [-0.15, -0.1) is 0 Å². The molecule has 1 unspecified atom stereocenters. The molecular weight excluding hydrogens is 437 g/mol. The van der Waals surface area contributed by atoms with Crippen molar-refractivity contribution in [3.05, 3.63) is 59.9 Å². The Hall–Kier alpha value is -3.55. The lowest BCUT2D eigenvalue weighted by Crippen LogP contribution is -2.47. The molecule has 4 amide bonds. The van der Waals surface area contributed by atoms with Gasteiger partial charge in [-0.05, 0) is 54.8 Å². The van der Waals surface area contributed by atoms with E-state index in [9.17, 15) is 23.6 Å². The number of amides is 4. The molecule has 2 aromatic rings. The van der Waals surface area contributed by atoms with Crippen molar-refractivity contribution in [2.24, 2.45) is 5.92 Å². The van der Waals surface area contributed by atoms with E-state index in [2.05, 4.69) is 5.32 Å². The van der Waals surface area contributed by atoms with Crippen molar-refractivity contribution in [1.29, 1.82) is 0 Å². The topological polar surface area (TPSA) is 86.8 Å². The number of carbonyl (C=O) groups excluding carboxylic acids is 4. The summed E-state index contributed by atoms with van der Waals surface area (Å²) in [4.78, 5) is 53.7. The highest BCUT2D eigenvalue weighted by molar-refractivity contribution is 6.23. The molecule has 2 aromatic carbocycles. The first-order chi connectivity index (χ1) is 16.3. The molecule has 178 valence electrons. The zero-order chi connectivity index (χ0) is 24.2. The van der Waals surface area contributed by atoms with Crippen LogP contribution in [0.15, 0.2) is 48.5 Å². The van der Waals surface area contributed by atoms with Crippen LogP contribution in [0.2, 0.25) is 0 Å². The number of anilines is 2. The lowest BCUT2D eigenvalue weighted by Gasteiger charge is -2.32. The quantitative estimate of drug-likeness (QED) is 0.653. The van der Waals surface area contributed by atoms with Gasteiger partial charge in [-0.3, -0.25) is 19.2 Å². The number of hydrogen-bond acceptors (Lipinski definition) is 4. The van der Waals surface area contributed by atoms with Crippen LogP contribution in [-0.2, 0) is 25.7 Å². The number of nitrogens with one attached hydrogen (secondary N) is 1. The fourth-order valence-corrected chi connectivity index (χ4v) is 4.74. The number of rotatable bonds is 6. The van der Waals surface area contributed by atoms with Gasteiger partial charge in [-0.1, -0.05) is 31.4 Å². The van der Waals surface area contributed by atoms with Crippen LogP contribution in [0.3, 0.4) is 0 Å². The van der Waals surface area contributed by atoms with E-state index in [-0.39, 0.29) is 42.4 Å². The van der Waals surface area contributed by atoms with Gasteiger partial charge in [0.05, 0.1) is 12.1 Å². The standard InChI is InChI=1S/C26H28FN3O4/c1-17(31)28-21-11-13-22(14-12-21)30-24(32)15-23(26(30)34)29(16-18-7-9-20(27)10-8-18)25(33)19-5-3-2-4-6-19/h7-14,19,23H,2-6,15-16H2,1H3,(H,28,31). The SMILES string of the molecule is CC(=O)Nc1ccc(N2C(=O)CC(N(Cc3ccc(F)cc3)C(=O)C3CCCCC3)C2=O)cc1. The molecule has 1 heterocycles. The Morgan fingerprint density at radius 3 is 2.26 bits per heavy atom. The van der Waals surface area contributed by atoms with Crippen LogP contribution in [0.4, 0.5) is 15.8 Å². The number of benzene rings is 2. The minimum absolute atomic E-state index is 0.105. The first-order valence-corrected chi connectivity index (χ1v) is 11.6. The van der Waals surface area contributed by atoms with E-state index in [1.165, 1.54) is 24.0 Å². The third-order valence-corrected chi connectivity index (χ3v) is 6.45. The van der Waals surface area contributed by atoms with Crippen molar-refractivity contribution in [3.63, 3.8) is 0 Å². The lowest BCUT2D eigenvalue weighted by atomic mass is 9.87. The summed E-state index contributed by atoms with van der Waals surface area (Å²) in [6, 6.07) is 11.3. The first-order valence-electron chi connectivity index (χ1n) is 11.6. The summed E-state index contributed by atoms with van der Waals surface area (Å²) in [5.41, 5.74) is 1.64. The van der Waals surface area contributed by atoms with Gasteiger partial charge in [0.2, 0.25) is 17.7 Å². The van der Waals surface area contributed by atoms with Gasteiger partial charge < -0.3 is 10.2 Å². The molecule has 0 radical (unpaired) electrons. The molecule has 8 heteroatoms. The first kappa shape index (κ1) is 23.6. The molecular formula is C26H28FN3O4. The van der Waals surface area contributed by atoms with Crippen molar-refractivity contribution in [2.75, 3.05) is 10.2 Å². The maximum absolute atomic E-state index is 13.5. The van der Waals surface area contributed by atoms with Crippen molar-refractivity contribution >= 4 is 35.0 Å². The average Bonchev–Trinajstić information content (AvgIpc) is 3.12. The smallest absolute Gasteiger partial charge is 0.257 e. The predicted octanol–water partition coefficient (Wildman–Crippen LogP) is 4.03. The summed E-state index contributed by atoms with van der Waals surface area (Å²) in [6.07, 6.45) is 4.44. The Kier molecular flexibility index (Phi) is 7.05. The third kappa shape index (κ3) is 5.16. The van der Waals surface area contributed by atoms with Crippen LogP contribution in [0.5, 0.6) is 0 Å². The van der Waals surface area contributed by atoms with E-state index in [0.29, 0.717) is 16.9 Å². The maximum Gasteiger partial charge on any atom is 0.257 e. The maximum atomic E-state index is 13.5. The second-order valence-electron chi connectivity index (χ2n) is 8.94. The molecule has 4 rings (SSSR count). The molecule has 1 atom stereocenters. The van der Waals surface area contributed by atoms with Crippen LogP contribution in [-0.4, -0.2) is 34.6 Å². The lowest BCUT2D eigenvalue weighted by molar-refractivity contribution is -0.143. The Labute approximate surface area is 197 Å². The Balaban J connectivity index is 1.59. The molecule has 34 heavy (non-hydrogen) atoms. The van der Waals surface area contributed by atoms with Crippen molar-refractivity contribution in [3.8, 4) is 0 Å². The summed E-state index contributed by atoms with van der Waals surface area (Å²) in [5.74, 6) is -1.75. The second kappa shape index (κ2) is 10.2. The van der Waals surface area contributed by atoms with Crippen LogP contribution < -0.4 is 10.2 Å². The number of hydrogen-bond donors (Lipinski definition) is 1. The van der Waals surface area contributed by atoms with E-state index in [0.717, 1.165) is 37.0 Å². The highest BCUT2D eigenvalue weighted by Crippen LogP contribution is 2.31. The van der Waals surface area contributed by atoms with Crippen molar-refractivity contribution < 1.29 is 23.6 Å². The van der Waals surface area contributed by atoms with Crippen LogP contribution in [0.1, 0.15) is 51.0 Å². The molecule has 0 spiro atoms. The minimum Gasteiger partial charge on any atom is -0.326 e. The highest BCUT2D eigenvalue weighted by atomic mass is 19.1. The molecule has 0 bridgehead atoms. The van der Waals surface area contributed by atoms with E-state index in [1.807, 2.05) is 0 Å². The van der Waals surface area contributed by atoms with Gasteiger partial charge in [0, 0.05) is 25.1 Å². The molecule has 1 aliphatic carbocycles. The molecule has 1 saturated carbocycles. The number of nitrogens with zero attached hydrogens (tertiary/aromatic N) is 2. The molecule has 2 fully saturated rings. The molecule has 1 saturated heterocycles. The van der Waals surface area contributed by atoms with Crippen LogP contribution >= 0.6 is 0 Å². The zero-order valence-corrected chi connectivity index (χ0v) is 19.1. The normalized spacial score (nSPS) is 18.8. The number of halogens is 1. The summed E-state index contributed by atoms with van der Waals surface area (Å²) in [5, 5.41) is 2.65. The summed E-state index contributed by atoms with van der Waals surface area (Å²) >= 11 is 0. The largest absolute Gasteiger partial charge is 0.326 e. The predicted molar refractivity (Wildman–Crippen MR) is 125 cm³/mol. The molecule has 2 aliphatic rings. The Bertz CT molecular complexity index is 1080.